The Kier molecular flexibility index (Phi) is 4.77. The van der Waals surface area contributed by atoms with Crippen LogP contribution in [0, 0.1) is 0 Å². The number of nitrogens with zero attached hydrogens (tertiary/aromatic N) is 2. The summed E-state index contributed by atoms with van der Waals surface area (Å²) in [5.74, 6) is 1.19. The number of methoxy groups -OCH3 is 1. The van der Waals surface area contributed by atoms with E-state index in [1.807, 2.05) is 31.2 Å². The molecule has 2 aromatic rings. The van der Waals surface area contributed by atoms with Gasteiger partial charge in [0.1, 0.15) is 11.6 Å². The second-order valence-corrected chi connectivity index (χ2v) is 4.50. The van der Waals surface area contributed by atoms with E-state index in [-0.39, 0.29) is 5.91 Å². The summed E-state index contributed by atoms with van der Waals surface area (Å²) in [5, 5.41) is 3.10. The Morgan fingerprint density at radius 1 is 1.33 bits per heavy atom. The number of amides is 1. The molecule has 5 heteroatoms. The Morgan fingerprint density at radius 3 is 2.86 bits per heavy atom. The number of carbonyl (C=O) groups is 1. The summed E-state index contributed by atoms with van der Waals surface area (Å²) >= 11 is 0. The highest BCUT2D eigenvalue weighted by Gasteiger charge is 2.17. The van der Waals surface area contributed by atoms with Gasteiger partial charge in [-0.1, -0.05) is 6.07 Å². The van der Waals surface area contributed by atoms with E-state index in [2.05, 4.69) is 10.3 Å². The van der Waals surface area contributed by atoms with Crippen molar-refractivity contribution >= 4 is 17.4 Å². The van der Waals surface area contributed by atoms with Crippen LogP contribution in [0.2, 0.25) is 0 Å². The number of aromatic nitrogens is 1. The smallest absolute Gasteiger partial charge is 0.261 e. The lowest BCUT2D eigenvalue weighted by Crippen LogP contribution is -2.27. The van der Waals surface area contributed by atoms with Gasteiger partial charge in [0.2, 0.25) is 0 Å². The zero-order chi connectivity index (χ0) is 15.2. The quantitative estimate of drug-likeness (QED) is 0.917. The van der Waals surface area contributed by atoms with E-state index in [1.165, 1.54) is 0 Å². The van der Waals surface area contributed by atoms with Crippen LogP contribution < -0.4 is 15.0 Å². The zero-order valence-corrected chi connectivity index (χ0v) is 12.5. The summed E-state index contributed by atoms with van der Waals surface area (Å²) in [5.41, 5.74) is 1.32. The van der Waals surface area contributed by atoms with E-state index in [1.54, 1.807) is 37.4 Å². The lowest BCUT2D eigenvalue weighted by atomic mass is 10.2. The van der Waals surface area contributed by atoms with Crippen molar-refractivity contribution in [3.05, 3.63) is 48.2 Å². The lowest BCUT2D eigenvalue weighted by Gasteiger charge is -2.19. The van der Waals surface area contributed by atoms with Gasteiger partial charge in [-0.15, -0.1) is 0 Å². The molecule has 0 aliphatic carbocycles. The Labute approximate surface area is 124 Å². The highest BCUT2D eigenvalue weighted by Crippen LogP contribution is 2.23. The van der Waals surface area contributed by atoms with Gasteiger partial charge in [-0.3, -0.25) is 4.79 Å². The molecule has 110 valence electrons. The van der Waals surface area contributed by atoms with Crippen LogP contribution in [0.15, 0.2) is 42.6 Å². The van der Waals surface area contributed by atoms with Crippen LogP contribution >= 0.6 is 0 Å². The van der Waals surface area contributed by atoms with Crippen LogP contribution in [0.1, 0.15) is 17.3 Å². The van der Waals surface area contributed by atoms with E-state index >= 15 is 0 Å². The summed E-state index contributed by atoms with van der Waals surface area (Å²) in [6.07, 6.45) is 1.67. The SMILES string of the molecule is CCNc1ncccc1C(=O)N(C)c1cccc(OC)c1. The molecule has 5 nitrogen and oxygen atoms in total. The second-order valence-electron chi connectivity index (χ2n) is 4.50. The molecule has 0 radical (unpaired) electrons. The molecule has 2 rings (SSSR count). The van der Waals surface area contributed by atoms with Crippen molar-refractivity contribution in [1.82, 2.24) is 4.98 Å². The van der Waals surface area contributed by atoms with Gasteiger partial charge in [0.05, 0.1) is 12.7 Å². The van der Waals surface area contributed by atoms with Gasteiger partial charge in [-0.05, 0) is 31.2 Å². The van der Waals surface area contributed by atoms with E-state index < -0.39 is 0 Å². The highest BCUT2D eigenvalue weighted by atomic mass is 16.5. The first-order chi connectivity index (χ1) is 10.2. The predicted octanol–water partition coefficient (Wildman–Crippen LogP) is 2.80. The van der Waals surface area contributed by atoms with Crippen LogP contribution in [-0.4, -0.2) is 31.6 Å². The molecule has 0 aliphatic rings. The third kappa shape index (κ3) is 3.31. The van der Waals surface area contributed by atoms with Crippen LogP contribution in [0.25, 0.3) is 0 Å². The first-order valence-corrected chi connectivity index (χ1v) is 6.78. The largest absolute Gasteiger partial charge is 0.497 e. The number of anilines is 2. The summed E-state index contributed by atoms with van der Waals surface area (Å²) < 4.78 is 5.19. The summed E-state index contributed by atoms with van der Waals surface area (Å²) in [4.78, 5) is 18.4. The minimum absolute atomic E-state index is 0.118. The fourth-order valence-corrected chi connectivity index (χ4v) is 2.00. The Bertz CT molecular complexity index is 628. The molecule has 21 heavy (non-hydrogen) atoms. The fourth-order valence-electron chi connectivity index (χ4n) is 2.00. The van der Waals surface area contributed by atoms with Gasteiger partial charge >= 0.3 is 0 Å². The van der Waals surface area contributed by atoms with Crippen molar-refractivity contribution < 1.29 is 9.53 Å². The molecular formula is C16H19N3O2. The number of hydrogen-bond donors (Lipinski definition) is 1. The minimum atomic E-state index is -0.118. The van der Waals surface area contributed by atoms with Gasteiger partial charge in [0, 0.05) is 31.5 Å². The summed E-state index contributed by atoms with van der Waals surface area (Å²) in [6.45, 7) is 2.68. The molecule has 1 aromatic heterocycles. The number of nitrogens with one attached hydrogen (secondary N) is 1. The average Bonchev–Trinajstić information content (AvgIpc) is 2.54. The molecule has 0 fully saturated rings. The van der Waals surface area contributed by atoms with E-state index in [0.717, 1.165) is 5.69 Å². The van der Waals surface area contributed by atoms with Crippen LogP contribution in [-0.2, 0) is 0 Å². The Hall–Kier alpha value is -2.56. The van der Waals surface area contributed by atoms with Crippen molar-refractivity contribution in [3.8, 4) is 5.75 Å². The maximum absolute atomic E-state index is 12.6. The van der Waals surface area contributed by atoms with Crippen molar-refractivity contribution in [2.75, 3.05) is 30.9 Å². The Morgan fingerprint density at radius 2 is 2.14 bits per heavy atom. The monoisotopic (exact) mass is 285 g/mol. The summed E-state index contributed by atoms with van der Waals surface area (Å²) in [6, 6.07) is 10.9. The van der Waals surface area contributed by atoms with Crippen molar-refractivity contribution in [2.45, 2.75) is 6.92 Å². The number of pyridine rings is 1. The molecule has 0 unspecified atom stereocenters. The maximum atomic E-state index is 12.6. The first-order valence-electron chi connectivity index (χ1n) is 6.78. The van der Waals surface area contributed by atoms with E-state index in [9.17, 15) is 4.79 Å². The molecule has 0 saturated heterocycles. The third-order valence-electron chi connectivity index (χ3n) is 3.13. The number of carbonyl (C=O) groups excluding carboxylic acids is 1. The molecule has 0 atom stereocenters. The molecule has 1 N–H and O–H groups in total. The number of benzene rings is 1. The third-order valence-corrected chi connectivity index (χ3v) is 3.13. The fraction of sp³-hybridized carbons (Fsp3) is 0.250. The number of hydrogen-bond acceptors (Lipinski definition) is 4. The molecule has 1 aromatic carbocycles. The highest BCUT2D eigenvalue weighted by molar-refractivity contribution is 6.08. The van der Waals surface area contributed by atoms with Crippen molar-refractivity contribution in [3.63, 3.8) is 0 Å². The second kappa shape index (κ2) is 6.74. The van der Waals surface area contributed by atoms with Gasteiger partial charge in [0.15, 0.2) is 0 Å². The van der Waals surface area contributed by atoms with Crippen LogP contribution in [0.4, 0.5) is 11.5 Å². The number of rotatable bonds is 5. The standard InChI is InChI=1S/C16H19N3O2/c1-4-17-15-14(9-6-10-18-15)16(20)19(2)12-7-5-8-13(11-12)21-3/h5-11H,4H2,1-3H3,(H,17,18). The molecule has 1 heterocycles. The molecule has 0 aliphatic heterocycles. The molecule has 0 spiro atoms. The van der Waals surface area contributed by atoms with Gasteiger partial charge < -0.3 is 15.0 Å². The van der Waals surface area contributed by atoms with Gasteiger partial charge in [-0.2, -0.15) is 0 Å². The minimum Gasteiger partial charge on any atom is -0.497 e. The van der Waals surface area contributed by atoms with Crippen molar-refractivity contribution in [1.29, 1.82) is 0 Å². The maximum Gasteiger partial charge on any atom is 0.261 e. The predicted molar refractivity (Wildman–Crippen MR) is 84.1 cm³/mol. The summed E-state index contributed by atoms with van der Waals surface area (Å²) in [7, 11) is 3.34. The van der Waals surface area contributed by atoms with Crippen molar-refractivity contribution in [2.24, 2.45) is 0 Å². The van der Waals surface area contributed by atoms with Crippen LogP contribution in [0.3, 0.4) is 0 Å². The first kappa shape index (κ1) is 14.8. The van der Waals surface area contributed by atoms with E-state index in [4.69, 9.17) is 4.74 Å². The van der Waals surface area contributed by atoms with Gasteiger partial charge in [0.25, 0.3) is 5.91 Å². The zero-order valence-electron chi connectivity index (χ0n) is 12.5. The molecule has 1 amide bonds. The molecule has 0 bridgehead atoms. The molecule has 0 saturated carbocycles. The lowest BCUT2D eigenvalue weighted by molar-refractivity contribution is 0.0993. The molecular weight excluding hydrogens is 266 g/mol. The normalized spacial score (nSPS) is 10.0. The average molecular weight is 285 g/mol. The topological polar surface area (TPSA) is 54.5 Å². The van der Waals surface area contributed by atoms with E-state index in [0.29, 0.717) is 23.7 Å². The Balaban J connectivity index is 2.30. The van der Waals surface area contributed by atoms with Crippen LogP contribution in [0.5, 0.6) is 5.75 Å². The number of ether oxygens (including phenoxy) is 1. The van der Waals surface area contributed by atoms with Gasteiger partial charge in [-0.25, -0.2) is 4.98 Å².